The van der Waals surface area contributed by atoms with E-state index in [1.165, 1.54) is 18.4 Å². The molecule has 2 aliphatic rings. The number of hydrogen-bond donors (Lipinski definition) is 0. The Morgan fingerprint density at radius 2 is 2.21 bits per heavy atom. The SMILES string of the molecule is CC12CCC=CC1Oc1ccccc12. The second kappa shape index (κ2) is 2.63. The van der Waals surface area contributed by atoms with Gasteiger partial charge in [-0.2, -0.15) is 0 Å². The lowest BCUT2D eigenvalue weighted by Crippen LogP contribution is -2.35. The number of fused-ring (bicyclic) bond motifs is 3. The van der Waals surface area contributed by atoms with Crippen LogP contribution in [0.5, 0.6) is 5.75 Å². The van der Waals surface area contributed by atoms with Crippen LogP contribution >= 0.6 is 0 Å². The third kappa shape index (κ3) is 0.899. The van der Waals surface area contributed by atoms with Gasteiger partial charge in [0.25, 0.3) is 0 Å². The van der Waals surface area contributed by atoms with E-state index in [1.54, 1.807) is 0 Å². The standard InChI is InChI=1S/C13H14O/c1-13-9-5-4-8-12(13)14-11-7-3-2-6-10(11)13/h2-4,6-8,12H,5,9H2,1H3. The van der Waals surface area contributed by atoms with Crippen LogP contribution in [0.3, 0.4) is 0 Å². The van der Waals surface area contributed by atoms with Gasteiger partial charge in [0.05, 0.1) is 0 Å². The Hall–Kier alpha value is -1.24. The average molecular weight is 186 g/mol. The van der Waals surface area contributed by atoms with Gasteiger partial charge in [-0.15, -0.1) is 0 Å². The van der Waals surface area contributed by atoms with Crippen molar-refractivity contribution < 1.29 is 4.74 Å². The molecule has 2 atom stereocenters. The lowest BCUT2D eigenvalue weighted by Gasteiger charge is -2.31. The summed E-state index contributed by atoms with van der Waals surface area (Å²) in [6.07, 6.45) is 7.08. The molecule has 72 valence electrons. The zero-order valence-corrected chi connectivity index (χ0v) is 8.36. The maximum atomic E-state index is 5.93. The first-order valence-electron chi connectivity index (χ1n) is 5.23. The highest BCUT2D eigenvalue weighted by Crippen LogP contribution is 2.47. The van der Waals surface area contributed by atoms with Crippen molar-refractivity contribution in [3.8, 4) is 5.75 Å². The minimum absolute atomic E-state index is 0.214. The Kier molecular flexibility index (Phi) is 1.52. The van der Waals surface area contributed by atoms with Gasteiger partial charge in [-0.3, -0.25) is 0 Å². The zero-order chi connectivity index (χ0) is 9.60. The molecule has 0 radical (unpaired) electrons. The fourth-order valence-electron chi connectivity index (χ4n) is 2.59. The van der Waals surface area contributed by atoms with Gasteiger partial charge < -0.3 is 4.74 Å². The molecule has 1 aliphatic carbocycles. The first kappa shape index (κ1) is 8.10. The number of para-hydroxylation sites is 1. The van der Waals surface area contributed by atoms with Gasteiger partial charge in [0, 0.05) is 11.0 Å². The van der Waals surface area contributed by atoms with Crippen LogP contribution in [-0.2, 0) is 5.41 Å². The molecule has 1 heterocycles. The van der Waals surface area contributed by atoms with E-state index in [2.05, 4.69) is 37.3 Å². The molecule has 14 heavy (non-hydrogen) atoms. The Bertz CT molecular complexity index is 394. The fourth-order valence-corrected chi connectivity index (χ4v) is 2.59. The number of hydrogen-bond acceptors (Lipinski definition) is 1. The summed E-state index contributed by atoms with van der Waals surface area (Å²) in [5.74, 6) is 1.08. The Morgan fingerprint density at radius 1 is 1.36 bits per heavy atom. The van der Waals surface area contributed by atoms with E-state index in [4.69, 9.17) is 4.74 Å². The third-order valence-electron chi connectivity index (χ3n) is 3.53. The highest BCUT2D eigenvalue weighted by Gasteiger charge is 2.44. The normalized spacial score (nSPS) is 33.4. The first-order chi connectivity index (χ1) is 6.81. The van der Waals surface area contributed by atoms with Gasteiger partial charge in [0.15, 0.2) is 0 Å². The van der Waals surface area contributed by atoms with E-state index in [9.17, 15) is 0 Å². The van der Waals surface area contributed by atoms with Crippen LogP contribution in [-0.4, -0.2) is 6.10 Å². The van der Waals surface area contributed by atoms with Gasteiger partial charge in [0.1, 0.15) is 11.9 Å². The van der Waals surface area contributed by atoms with Gasteiger partial charge in [0.2, 0.25) is 0 Å². The lowest BCUT2D eigenvalue weighted by molar-refractivity contribution is 0.188. The van der Waals surface area contributed by atoms with Crippen molar-refractivity contribution >= 4 is 0 Å². The summed E-state index contributed by atoms with van der Waals surface area (Å²) in [5.41, 5.74) is 1.60. The second-order valence-electron chi connectivity index (χ2n) is 4.42. The molecular formula is C13H14O. The molecule has 1 aromatic rings. The Balaban J connectivity index is 2.16. The van der Waals surface area contributed by atoms with E-state index in [-0.39, 0.29) is 11.5 Å². The summed E-state index contributed by atoms with van der Waals surface area (Å²) in [7, 11) is 0. The number of ether oxygens (including phenoxy) is 1. The van der Waals surface area contributed by atoms with Crippen LogP contribution in [0.15, 0.2) is 36.4 Å². The first-order valence-corrected chi connectivity index (χ1v) is 5.23. The predicted molar refractivity (Wildman–Crippen MR) is 56.6 cm³/mol. The van der Waals surface area contributed by atoms with Crippen molar-refractivity contribution in [2.45, 2.75) is 31.3 Å². The van der Waals surface area contributed by atoms with Crippen LogP contribution in [0.2, 0.25) is 0 Å². The molecule has 0 saturated carbocycles. The molecule has 0 bridgehead atoms. The number of allylic oxidation sites excluding steroid dienone is 1. The van der Waals surface area contributed by atoms with E-state index in [1.807, 2.05) is 6.07 Å². The van der Waals surface area contributed by atoms with Crippen molar-refractivity contribution in [3.63, 3.8) is 0 Å². The molecule has 0 fully saturated rings. The fraction of sp³-hybridized carbons (Fsp3) is 0.385. The summed E-state index contributed by atoms with van der Waals surface area (Å²) < 4.78 is 5.93. The molecular weight excluding hydrogens is 172 g/mol. The van der Waals surface area contributed by atoms with Crippen molar-refractivity contribution in [1.29, 1.82) is 0 Å². The summed E-state index contributed by atoms with van der Waals surface area (Å²) in [6, 6.07) is 8.43. The van der Waals surface area contributed by atoms with Crippen molar-refractivity contribution in [3.05, 3.63) is 42.0 Å². The van der Waals surface area contributed by atoms with E-state index in [0.717, 1.165) is 5.75 Å². The summed E-state index contributed by atoms with van der Waals surface area (Å²) >= 11 is 0. The van der Waals surface area contributed by atoms with Crippen LogP contribution < -0.4 is 4.74 Å². The zero-order valence-electron chi connectivity index (χ0n) is 8.36. The minimum Gasteiger partial charge on any atom is -0.485 e. The smallest absolute Gasteiger partial charge is 0.126 e. The van der Waals surface area contributed by atoms with Gasteiger partial charge in [-0.25, -0.2) is 0 Å². The van der Waals surface area contributed by atoms with Crippen molar-refractivity contribution in [2.24, 2.45) is 0 Å². The predicted octanol–water partition coefficient (Wildman–Crippen LogP) is 3.06. The van der Waals surface area contributed by atoms with Gasteiger partial charge in [-0.05, 0) is 25.0 Å². The van der Waals surface area contributed by atoms with E-state index >= 15 is 0 Å². The molecule has 0 spiro atoms. The van der Waals surface area contributed by atoms with Crippen LogP contribution in [0, 0.1) is 0 Å². The van der Waals surface area contributed by atoms with E-state index in [0.29, 0.717) is 0 Å². The van der Waals surface area contributed by atoms with Crippen LogP contribution in [0.25, 0.3) is 0 Å². The van der Waals surface area contributed by atoms with Gasteiger partial charge >= 0.3 is 0 Å². The number of rotatable bonds is 0. The molecule has 0 N–H and O–H groups in total. The summed E-state index contributed by atoms with van der Waals surface area (Å²) in [4.78, 5) is 0. The monoisotopic (exact) mass is 186 g/mol. The topological polar surface area (TPSA) is 9.23 Å². The molecule has 1 heteroatoms. The molecule has 0 aromatic heterocycles. The molecule has 1 aromatic carbocycles. The summed E-state index contributed by atoms with van der Waals surface area (Å²) in [6.45, 7) is 2.31. The van der Waals surface area contributed by atoms with Crippen LogP contribution in [0.1, 0.15) is 25.3 Å². The molecule has 1 nitrogen and oxygen atoms in total. The minimum atomic E-state index is 0.214. The summed E-state index contributed by atoms with van der Waals surface area (Å²) in [5, 5.41) is 0. The molecule has 3 rings (SSSR count). The highest BCUT2D eigenvalue weighted by atomic mass is 16.5. The maximum Gasteiger partial charge on any atom is 0.126 e. The quantitative estimate of drug-likeness (QED) is 0.566. The average Bonchev–Trinajstić information content (AvgIpc) is 2.51. The maximum absolute atomic E-state index is 5.93. The Labute approximate surface area is 84.4 Å². The highest BCUT2D eigenvalue weighted by molar-refractivity contribution is 5.46. The van der Waals surface area contributed by atoms with E-state index < -0.39 is 0 Å². The number of benzene rings is 1. The van der Waals surface area contributed by atoms with Crippen molar-refractivity contribution in [1.82, 2.24) is 0 Å². The molecule has 0 amide bonds. The second-order valence-corrected chi connectivity index (χ2v) is 4.42. The van der Waals surface area contributed by atoms with Crippen molar-refractivity contribution in [2.75, 3.05) is 0 Å². The molecule has 2 unspecified atom stereocenters. The Morgan fingerprint density at radius 3 is 3.14 bits per heavy atom. The third-order valence-corrected chi connectivity index (χ3v) is 3.53. The largest absolute Gasteiger partial charge is 0.485 e. The molecule has 0 saturated heterocycles. The lowest BCUT2D eigenvalue weighted by atomic mass is 9.73. The van der Waals surface area contributed by atoms with Gasteiger partial charge in [-0.1, -0.05) is 31.2 Å². The van der Waals surface area contributed by atoms with Crippen LogP contribution in [0.4, 0.5) is 0 Å². The molecule has 1 aliphatic heterocycles.